The maximum Gasteiger partial charge on any atom is 0.261 e. The number of nitrogens with zero attached hydrogens (tertiary/aromatic N) is 2. The van der Waals surface area contributed by atoms with Crippen molar-refractivity contribution in [1.29, 1.82) is 0 Å². The van der Waals surface area contributed by atoms with Gasteiger partial charge in [0.05, 0.1) is 17.8 Å². The van der Waals surface area contributed by atoms with Gasteiger partial charge in [-0.3, -0.25) is 9.52 Å². The second-order valence-corrected chi connectivity index (χ2v) is 8.74. The van der Waals surface area contributed by atoms with Crippen molar-refractivity contribution in [2.45, 2.75) is 11.8 Å². The number of carbonyl (C=O) groups excluding carboxylic acids is 1. The normalized spacial score (nSPS) is 11.1. The number of aromatic nitrogens is 2. The summed E-state index contributed by atoms with van der Waals surface area (Å²) in [4.78, 5) is 16.8. The van der Waals surface area contributed by atoms with E-state index in [1.807, 2.05) is 29.8 Å². The Hall–Kier alpha value is -4.11. The molecule has 2 N–H and O–H groups in total. The average molecular weight is 463 g/mol. The quantitative estimate of drug-likeness (QED) is 0.406. The van der Waals surface area contributed by atoms with E-state index in [2.05, 4.69) is 15.0 Å². The summed E-state index contributed by atoms with van der Waals surface area (Å²) < 4.78 is 35.1. The van der Waals surface area contributed by atoms with Crippen LogP contribution < -0.4 is 14.8 Å². The first-order valence-electron chi connectivity index (χ1n) is 10.2. The van der Waals surface area contributed by atoms with Gasteiger partial charge in [0.2, 0.25) is 0 Å². The molecule has 0 atom stereocenters. The van der Waals surface area contributed by atoms with Crippen LogP contribution >= 0.6 is 0 Å². The molecule has 0 bridgehead atoms. The molecule has 1 heterocycles. The van der Waals surface area contributed by atoms with E-state index >= 15 is 0 Å². The number of benzene rings is 3. The van der Waals surface area contributed by atoms with Crippen molar-refractivity contribution >= 4 is 27.3 Å². The van der Waals surface area contributed by atoms with Crippen LogP contribution in [0.15, 0.2) is 96.4 Å². The molecule has 168 valence electrons. The van der Waals surface area contributed by atoms with Gasteiger partial charge in [-0.05, 0) is 73.7 Å². The summed E-state index contributed by atoms with van der Waals surface area (Å²) in [5, 5.41) is 2.82. The summed E-state index contributed by atoms with van der Waals surface area (Å²) in [5.41, 5.74) is 2.13. The molecule has 0 saturated heterocycles. The molecule has 1 aromatic heterocycles. The van der Waals surface area contributed by atoms with Crippen molar-refractivity contribution < 1.29 is 17.9 Å². The van der Waals surface area contributed by atoms with E-state index in [-0.39, 0.29) is 16.5 Å². The van der Waals surface area contributed by atoms with E-state index in [1.54, 1.807) is 55.0 Å². The fraction of sp³-hybridized carbons (Fsp3) is 0.0833. The van der Waals surface area contributed by atoms with Crippen LogP contribution in [-0.2, 0) is 10.0 Å². The molecule has 9 heteroatoms. The summed E-state index contributed by atoms with van der Waals surface area (Å²) in [6.45, 7) is 2.35. The molecule has 0 aliphatic heterocycles. The maximum absolute atomic E-state index is 12.7. The monoisotopic (exact) mass is 462 g/mol. The Kier molecular flexibility index (Phi) is 6.41. The molecule has 33 heavy (non-hydrogen) atoms. The first-order valence-corrected chi connectivity index (χ1v) is 11.7. The standard InChI is InChI=1S/C24H22N4O4S/c1-2-32-22-10-12-23(13-11-22)33(30,31)27-20-5-3-4-18(16-20)24(29)26-19-6-8-21(9-7-19)28-15-14-25-17-28/h3-17,27H,2H2,1H3,(H,26,29). The number of hydrogen-bond donors (Lipinski definition) is 2. The SMILES string of the molecule is CCOc1ccc(S(=O)(=O)Nc2cccc(C(=O)Nc3ccc(-n4ccnc4)cc3)c2)cc1. The van der Waals surface area contributed by atoms with Crippen molar-refractivity contribution in [3.8, 4) is 11.4 Å². The number of rotatable bonds is 8. The Labute approximate surface area is 191 Å². The molecule has 4 aromatic rings. The molecule has 0 aliphatic rings. The zero-order valence-electron chi connectivity index (χ0n) is 17.8. The van der Waals surface area contributed by atoms with Gasteiger partial charge in [-0.1, -0.05) is 6.07 Å². The fourth-order valence-corrected chi connectivity index (χ4v) is 4.20. The largest absolute Gasteiger partial charge is 0.494 e. The van der Waals surface area contributed by atoms with Gasteiger partial charge in [-0.2, -0.15) is 0 Å². The lowest BCUT2D eigenvalue weighted by atomic mass is 10.2. The Morgan fingerprint density at radius 1 is 1.00 bits per heavy atom. The van der Waals surface area contributed by atoms with Gasteiger partial charge >= 0.3 is 0 Å². The third kappa shape index (κ3) is 5.39. The summed E-state index contributed by atoms with van der Waals surface area (Å²) in [6.07, 6.45) is 5.20. The number of amides is 1. The van der Waals surface area contributed by atoms with Gasteiger partial charge in [0.25, 0.3) is 15.9 Å². The lowest BCUT2D eigenvalue weighted by Gasteiger charge is -2.11. The van der Waals surface area contributed by atoms with Gasteiger partial charge in [0.1, 0.15) is 5.75 Å². The molecule has 0 radical (unpaired) electrons. The maximum atomic E-state index is 12.7. The van der Waals surface area contributed by atoms with E-state index in [4.69, 9.17) is 4.74 Å². The molecule has 3 aromatic carbocycles. The third-order valence-corrected chi connectivity index (χ3v) is 6.15. The van der Waals surface area contributed by atoms with Gasteiger partial charge in [0, 0.05) is 35.0 Å². The highest BCUT2D eigenvalue weighted by molar-refractivity contribution is 7.92. The first kappa shape index (κ1) is 22.1. The third-order valence-electron chi connectivity index (χ3n) is 4.75. The van der Waals surface area contributed by atoms with Crippen molar-refractivity contribution in [2.24, 2.45) is 0 Å². The van der Waals surface area contributed by atoms with Gasteiger partial charge in [-0.25, -0.2) is 13.4 Å². The highest BCUT2D eigenvalue weighted by Gasteiger charge is 2.15. The predicted molar refractivity (Wildman–Crippen MR) is 126 cm³/mol. The smallest absolute Gasteiger partial charge is 0.261 e. The number of carbonyl (C=O) groups is 1. The van der Waals surface area contributed by atoms with E-state index in [1.165, 1.54) is 18.2 Å². The molecule has 8 nitrogen and oxygen atoms in total. The topological polar surface area (TPSA) is 102 Å². The lowest BCUT2D eigenvalue weighted by molar-refractivity contribution is 0.102. The Bertz CT molecular complexity index is 1330. The second-order valence-electron chi connectivity index (χ2n) is 7.06. The number of hydrogen-bond acceptors (Lipinski definition) is 5. The molecule has 0 saturated carbocycles. The van der Waals surface area contributed by atoms with Gasteiger partial charge in [0.15, 0.2) is 0 Å². The van der Waals surface area contributed by atoms with E-state index < -0.39 is 10.0 Å². The predicted octanol–water partition coefficient (Wildman–Crippen LogP) is 4.32. The highest BCUT2D eigenvalue weighted by Crippen LogP contribution is 2.21. The Balaban J connectivity index is 1.45. The highest BCUT2D eigenvalue weighted by atomic mass is 32.2. The molecule has 0 unspecified atom stereocenters. The lowest BCUT2D eigenvalue weighted by Crippen LogP contribution is -2.15. The number of ether oxygens (including phenoxy) is 1. The number of anilines is 2. The molecular formula is C24H22N4O4S. The minimum Gasteiger partial charge on any atom is -0.494 e. The van der Waals surface area contributed by atoms with Crippen LogP contribution in [-0.4, -0.2) is 30.5 Å². The number of imidazole rings is 1. The molecule has 0 fully saturated rings. The van der Waals surface area contributed by atoms with Crippen LogP contribution in [0.4, 0.5) is 11.4 Å². The van der Waals surface area contributed by atoms with E-state index in [0.29, 0.717) is 23.6 Å². The summed E-state index contributed by atoms with van der Waals surface area (Å²) >= 11 is 0. The zero-order valence-corrected chi connectivity index (χ0v) is 18.6. The van der Waals surface area contributed by atoms with Crippen molar-refractivity contribution in [3.05, 3.63) is 97.1 Å². The molecule has 1 amide bonds. The fourth-order valence-electron chi connectivity index (χ4n) is 3.15. The minimum absolute atomic E-state index is 0.0961. The Morgan fingerprint density at radius 2 is 1.76 bits per heavy atom. The minimum atomic E-state index is -3.82. The van der Waals surface area contributed by atoms with Crippen LogP contribution in [0.2, 0.25) is 0 Å². The average Bonchev–Trinajstić information content (AvgIpc) is 3.35. The van der Waals surface area contributed by atoms with Crippen LogP contribution in [0.25, 0.3) is 5.69 Å². The molecule has 0 aliphatic carbocycles. The first-order chi connectivity index (χ1) is 15.9. The van der Waals surface area contributed by atoms with Crippen molar-refractivity contribution in [1.82, 2.24) is 9.55 Å². The van der Waals surface area contributed by atoms with Gasteiger partial charge in [-0.15, -0.1) is 0 Å². The van der Waals surface area contributed by atoms with Crippen LogP contribution in [0.3, 0.4) is 0 Å². The van der Waals surface area contributed by atoms with E-state index in [0.717, 1.165) is 5.69 Å². The summed E-state index contributed by atoms with van der Waals surface area (Å²) in [6, 6.07) is 19.7. The summed E-state index contributed by atoms with van der Waals surface area (Å²) in [5.74, 6) is 0.237. The van der Waals surface area contributed by atoms with Crippen LogP contribution in [0.5, 0.6) is 5.75 Å². The number of sulfonamides is 1. The number of nitrogens with one attached hydrogen (secondary N) is 2. The molecular weight excluding hydrogens is 440 g/mol. The van der Waals surface area contributed by atoms with Crippen LogP contribution in [0, 0.1) is 0 Å². The van der Waals surface area contributed by atoms with E-state index in [9.17, 15) is 13.2 Å². The van der Waals surface area contributed by atoms with Crippen molar-refractivity contribution in [2.75, 3.05) is 16.6 Å². The summed E-state index contributed by atoms with van der Waals surface area (Å²) in [7, 11) is -3.82. The molecule has 4 rings (SSSR count). The molecule has 0 spiro atoms. The Morgan fingerprint density at radius 3 is 2.42 bits per heavy atom. The van der Waals surface area contributed by atoms with Crippen LogP contribution in [0.1, 0.15) is 17.3 Å². The van der Waals surface area contributed by atoms with Gasteiger partial charge < -0.3 is 14.6 Å². The van der Waals surface area contributed by atoms with Crippen molar-refractivity contribution in [3.63, 3.8) is 0 Å². The zero-order chi connectivity index (χ0) is 23.3. The second kappa shape index (κ2) is 9.58.